The lowest BCUT2D eigenvalue weighted by molar-refractivity contribution is -0.143. The molecule has 3 unspecified atom stereocenters. The van der Waals surface area contributed by atoms with Crippen molar-refractivity contribution in [2.75, 3.05) is 0 Å². The summed E-state index contributed by atoms with van der Waals surface area (Å²) < 4.78 is 0. The molecule has 1 amide bonds. The summed E-state index contributed by atoms with van der Waals surface area (Å²) in [6.07, 6.45) is 4.25. The molecule has 0 aromatic carbocycles. The minimum absolute atomic E-state index is 0.245. The second-order valence-electron chi connectivity index (χ2n) is 6.54. The Morgan fingerprint density at radius 1 is 1.21 bits per heavy atom. The van der Waals surface area contributed by atoms with Gasteiger partial charge in [-0.1, -0.05) is 40.0 Å². The van der Waals surface area contributed by atoms with E-state index in [1.165, 1.54) is 0 Å². The zero-order valence-electron chi connectivity index (χ0n) is 12.1. The fourth-order valence-electron chi connectivity index (χ4n) is 2.44. The molecule has 110 valence electrons. The standard InChI is InChI=1S/C14H26N2O3/c1-14(2,3)11(15)12(17)16-10-8-6-4-5-7-9(10)13(18)19/h9-11H,4-8,15H2,1-3H3,(H,16,17)(H,18,19). The van der Waals surface area contributed by atoms with Gasteiger partial charge in [-0.3, -0.25) is 9.59 Å². The van der Waals surface area contributed by atoms with E-state index in [0.717, 1.165) is 25.7 Å². The van der Waals surface area contributed by atoms with E-state index in [2.05, 4.69) is 5.32 Å². The summed E-state index contributed by atoms with van der Waals surface area (Å²) in [5.74, 6) is -1.55. The molecule has 1 rings (SSSR count). The molecule has 0 heterocycles. The van der Waals surface area contributed by atoms with Crippen molar-refractivity contribution in [3.05, 3.63) is 0 Å². The van der Waals surface area contributed by atoms with Gasteiger partial charge in [-0.25, -0.2) is 0 Å². The van der Waals surface area contributed by atoms with Crippen LogP contribution in [0, 0.1) is 11.3 Å². The van der Waals surface area contributed by atoms with E-state index in [1.54, 1.807) is 0 Å². The first-order valence-electron chi connectivity index (χ1n) is 7.02. The molecular weight excluding hydrogens is 244 g/mol. The summed E-state index contributed by atoms with van der Waals surface area (Å²) >= 11 is 0. The molecule has 0 aliphatic heterocycles. The normalized spacial score (nSPS) is 26.3. The fourth-order valence-corrected chi connectivity index (χ4v) is 2.44. The molecule has 0 radical (unpaired) electrons. The number of carboxylic acids is 1. The Labute approximate surface area is 114 Å². The molecule has 0 aromatic heterocycles. The number of carbonyl (C=O) groups excluding carboxylic acids is 1. The molecule has 0 spiro atoms. The van der Waals surface area contributed by atoms with Crippen LogP contribution in [0.3, 0.4) is 0 Å². The van der Waals surface area contributed by atoms with Crippen molar-refractivity contribution in [3.8, 4) is 0 Å². The van der Waals surface area contributed by atoms with Crippen molar-refractivity contribution in [1.29, 1.82) is 0 Å². The number of hydrogen-bond donors (Lipinski definition) is 3. The Hall–Kier alpha value is -1.10. The second-order valence-corrected chi connectivity index (χ2v) is 6.54. The van der Waals surface area contributed by atoms with Crippen LogP contribution in [-0.4, -0.2) is 29.1 Å². The molecule has 19 heavy (non-hydrogen) atoms. The molecule has 4 N–H and O–H groups in total. The number of aliphatic carboxylic acids is 1. The predicted octanol–water partition coefficient (Wildman–Crippen LogP) is 1.51. The Kier molecular flexibility index (Phi) is 5.35. The lowest BCUT2D eigenvalue weighted by Gasteiger charge is -2.29. The van der Waals surface area contributed by atoms with Crippen molar-refractivity contribution in [3.63, 3.8) is 0 Å². The van der Waals surface area contributed by atoms with Gasteiger partial charge in [0, 0.05) is 6.04 Å². The van der Waals surface area contributed by atoms with Crippen molar-refractivity contribution >= 4 is 11.9 Å². The third-order valence-corrected chi connectivity index (χ3v) is 3.88. The molecule has 3 atom stereocenters. The van der Waals surface area contributed by atoms with Crippen LogP contribution < -0.4 is 11.1 Å². The number of amides is 1. The first kappa shape index (κ1) is 16.0. The average molecular weight is 270 g/mol. The largest absolute Gasteiger partial charge is 0.481 e. The molecule has 0 saturated heterocycles. The number of nitrogens with two attached hydrogens (primary N) is 1. The van der Waals surface area contributed by atoms with Crippen LogP contribution in [0.15, 0.2) is 0 Å². The van der Waals surface area contributed by atoms with Gasteiger partial charge in [0.15, 0.2) is 0 Å². The Bertz CT molecular complexity index is 336. The van der Waals surface area contributed by atoms with Crippen LogP contribution in [0.2, 0.25) is 0 Å². The highest BCUT2D eigenvalue weighted by Gasteiger charge is 2.34. The number of nitrogens with one attached hydrogen (secondary N) is 1. The number of carbonyl (C=O) groups is 2. The quantitative estimate of drug-likeness (QED) is 0.678. The van der Waals surface area contributed by atoms with E-state index < -0.39 is 17.9 Å². The van der Waals surface area contributed by atoms with Gasteiger partial charge >= 0.3 is 5.97 Å². The highest BCUT2D eigenvalue weighted by atomic mass is 16.4. The van der Waals surface area contributed by atoms with Gasteiger partial charge in [0.25, 0.3) is 0 Å². The summed E-state index contributed by atoms with van der Waals surface area (Å²) in [6.45, 7) is 5.71. The monoisotopic (exact) mass is 270 g/mol. The SMILES string of the molecule is CC(C)(C)C(N)C(=O)NC1CCCCCC1C(=O)O. The molecule has 1 fully saturated rings. The molecule has 5 heteroatoms. The van der Waals surface area contributed by atoms with Gasteiger partial charge < -0.3 is 16.2 Å². The van der Waals surface area contributed by atoms with Gasteiger partial charge in [-0.05, 0) is 18.3 Å². The molecule has 1 aliphatic rings. The zero-order chi connectivity index (χ0) is 14.6. The Balaban J connectivity index is 2.71. The van der Waals surface area contributed by atoms with E-state index in [9.17, 15) is 14.7 Å². The van der Waals surface area contributed by atoms with Crippen molar-refractivity contribution in [2.45, 2.75) is 65.0 Å². The molecule has 1 aliphatic carbocycles. The minimum Gasteiger partial charge on any atom is -0.481 e. The fraction of sp³-hybridized carbons (Fsp3) is 0.857. The molecule has 1 saturated carbocycles. The summed E-state index contributed by atoms with van der Waals surface area (Å²) in [5, 5.41) is 12.1. The predicted molar refractivity (Wildman–Crippen MR) is 73.6 cm³/mol. The van der Waals surface area contributed by atoms with Crippen LogP contribution in [0.4, 0.5) is 0 Å². The molecule has 0 aromatic rings. The van der Waals surface area contributed by atoms with E-state index in [1.807, 2.05) is 20.8 Å². The van der Waals surface area contributed by atoms with Gasteiger partial charge in [0.1, 0.15) is 0 Å². The molecule has 0 bridgehead atoms. The highest BCUT2D eigenvalue weighted by molar-refractivity contribution is 5.83. The first-order valence-corrected chi connectivity index (χ1v) is 7.02. The van der Waals surface area contributed by atoms with Gasteiger partial charge in [-0.2, -0.15) is 0 Å². The second kappa shape index (κ2) is 6.37. The van der Waals surface area contributed by atoms with Crippen LogP contribution in [0.1, 0.15) is 52.9 Å². The molecule has 5 nitrogen and oxygen atoms in total. The average Bonchev–Trinajstić information content (AvgIpc) is 2.52. The zero-order valence-corrected chi connectivity index (χ0v) is 12.1. The number of rotatable bonds is 3. The van der Waals surface area contributed by atoms with Crippen LogP contribution >= 0.6 is 0 Å². The van der Waals surface area contributed by atoms with Crippen LogP contribution in [0.5, 0.6) is 0 Å². The summed E-state index contributed by atoms with van der Waals surface area (Å²) in [4.78, 5) is 23.4. The highest BCUT2D eigenvalue weighted by Crippen LogP contribution is 2.25. The summed E-state index contributed by atoms with van der Waals surface area (Å²) in [5.41, 5.74) is 5.59. The Morgan fingerprint density at radius 3 is 2.32 bits per heavy atom. The van der Waals surface area contributed by atoms with Gasteiger partial charge in [-0.15, -0.1) is 0 Å². The van der Waals surface area contributed by atoms with Gasteiger partial charge in [0.05, 0.1) is 12.0 Å². The molecular formula is C14H26N2O3. The van der Waals surface area contributed by atoms with E-state index >= 15 is 0 Å². The van der Waals surface area contributed by atoms with Crippen molar-refractivity contribution in [1.82, 2.24) is 5.32 Å². The number of hydrogen-bond acceptors (Lipinski definition) is 3. The maximum absolute atomic E-state index is 12.1. The van der Waals surface area contributed by atoms with Crippen LogP contribution in [-0.2, 0) is 9.59 Å². The van der Waals surface area contributed by atoms with Crippen molar-refractivity contribution < 1.29 is 14.7 Å². The first-order chi connectivity index (χ1) is 8.73. The van der Waals surface area contributed by atoms with E-state index in [4.69, 9.17) is 5.73 Å². The lowest BCUT2D eigenvalue weighted by atomic mass is 9.86. The van der Waals surface area contributed by atoms with E-state index in [0.29, 0.717) is 6.42 Å². The van der Waals surface area contributed by atoms with Crippen molar-refractivity contribution in [2.24, 2.45) is 17.1 Å². The van der Waals surface area contributed by atoms with Crippen LogP contribution in [0.25, 0.3) is 0 Å². The lowest BCUT2D eigenvalue weighted by Crippen LogP contribution is -2.53. The number of carboxylic acid groups (broad SMARTS) is 1. The Morgan fingerprint density at radius 2 is 1.79 bits per heavy atom. The third kappa shape index (κ3) is 4.49. The maximum atomic E-state index is 12.1. The third-order valence-electron chi connectivity index (χ3n) is 3.88. The maximum Gasteiger partial charge on any atom is 0.308 e. The van der Waals surface area contributed by atoms with E-state index in [-0.39, 0.29) is 17.4 Å². The van der Waals surface area contributed by atoms with Gasteiger partial charge in [0.2, 0.25) is 5.91 Å². The summed E-state index contributed by atoms with van der Waals surface area (Å²) in [7, 11) is 0. The summed E-state index contributed by atoms with van der Waals surface area (Å²) in [6, 6.07) is -0.911. The smallest absolute Gasteiger partial charge is 0.308 e. The topological polar surface area (TPSA) is 92.4 Å². The minimum atomic E-state index is -0.823.